The molecule has 1 aromatic heterocycles. The van der Waals surface area contributed by atoms with Gasteiger partial charge in [0, 0.05) is 12.4 Å². The van der Waals surface area contributed by atoms with Crippen molar-refractivity contribution in [3.05, 3.63) is 18.5 Å². The van der Waals surface area contributed by atoms with E-state index in [2.05, 4.69) is 19.4 Å². The van der Waals surface area contributed by atoms with Gasteiger partial charge in [0.15, 0.2) is 0 Å². The Balaban J connectivity index is 2.47. The van der Waals surface area contributed by atoms with Crippen LogP contribution in [-0.2, 0) is 4.74 Å². The first kappa shape index (κ1) is 8.45. The molecule has 5 nitrogen and oxygen atoms in total. The molecule has 0 saturated carbocycles. The van der Waals surface area contributed by atoms with Gasteiger partial charge in [-0.3, -0.25) is 0 Å². The molecule has 0 atom stereocenters. The normalized spacial score (nSPS) is 9.08. The molecular weight excluding hydrogens is 160 g/mol. The van der Waals surface area contributed by atoms with Crippen LogP contribution in [0.1, 0.15) is 6.92 Å². The van der Waals surface area contributed by atoms with E-state index in [1.54, 1.807) is 13.0 Å². The van der Waals surface area contributed by atoms with Crippen molar-refractivity contribution < 1.29 is 14.3 Å². The highest BCUT2D eigenvalue weighted by atomic mass is 16.7. The Morgan fingerprint density at radius 1 is 1.50 bits per heavy atom. The number of aromatic nitrogens is 2. The third-order valence-corrected chi connectivity index (χ3v) is 0.979. The largest absolute Gasteiger partial charge is 0.516 e. The minimum absolute atomic E-state index is 0.00375. The fraction of sp³-hybridized carbons (Fsp3) is 0.286. The van der Waals surface area contributed by atoms with Gasteiger partial charge in [-0.05, 0) is 13.0 Å². The lowest BCUT2D eigenvalue weighted by atomic mass is 10.7. The van der Waals surface area contributed by atoms with Gasteiger partial charge < -0.3 is 9.47 Å². The summed E-state index contributed by atoms with van der Waals surface area (Å²) in [6, 6.07) is 1.62. The van der Waals surface area contributed by atoms with E-state index in [9.17, 15) is 4.79 Å². The first-order valence-electron chi connectivity index (χ1n) is 3.44. The minimum Gasteiger partial charge on any atom is -0.434 e. The molecule has 1 rings (SSSR count). The highest BCUT2D eigenvalue weighted by Gasteiger charge is 2.05. The van der Waals surface area contributed by atoms with E-state index in [1.165, 1.54) is 12.4 Å². The van der Waals surface area contributed by atoms with Crippen molar-refractivity contribution in [2.24, 2.45) is 0 Å². The van der Waals surface area contributed by atoms with E-state index >= 15 is 0 Å². The lowest BCUT2D eigenvalue weighted by Gasteiger charge is -1.99. The molecule has 0 unspecified atom stereocenters. The summed E-state index contributed by atoms with van der Waals surface area (Å²) in [7, 11) is 0. The van der Waals surface area contributed by atoms with Crippen molar-refractivity contribution in [2.75, 3.05) is 6.61 Å². The topological polar surface area (TPSA) is 61.3 Å². The molecule has 0 radical (unpaired) electrons. The fourth-order valence-electron chi connectivity index (χ4n) is 0.560. The van der Waals surface area contributed by atoms with E-state index in [0.717, 1.165) is 0 Å². The Bertz CT molecular complexity index is 250. The molecule has 12 heavy (non-hydrogen) atoms. The molecule has 1 heterocycles. The summed E-state index contributed by atoms with van der Waals surface area (Å²) in [6.07, 6.45) is 2.16. The van der Waals surface area contributed by atoms with E-state index in [1.807, 2.05) is 0 Å². The van der Waals surface area contributed by atoms with Gasteiger partial charge >= 0.3 is 12.2 Å². The maximum Gasteiger partial charge on any atom is 0.516 e. The second-order valence-electron chi connectivity index (χ2n) is 1.82. The summed E-state index contributed by atoms with van der Waals surface area (Å²) < 4.78 is 9.08. The van der Waals surface area contributed by atoms with Crippen molar-refractivity contribution in [1.29, 1.82) is 0 Å². The van der Waals surface area contributed by atoms with E-state index in [0.29, 0.717) is 0 Å². The molecule has 1 aromatic rings. The number of rotatable bonds is 2. The summed E-state index contributed by atoms with van der Waals surface area (Å²) in [5.74, 6) is 0. The average molecular weight is 168 g/mol. The molecule has 0 bridgehead atoms. The molecule has 64 valence electrons. The van der Waals surface area contributed by atoms with Gasteiger partial charge in [0.25, 0.3) is 0 Å². The lowest BCUT2D eigenvalue weighted by molar-refractivity contribution is 0.101. The highest BCUT2D eigenvalue weighted by Crippen LogP contribution is 1.98. The van der Waals surface area contributed by atoms with E-state index in [-0.39, 0.29) is 12.6 Å². The number of carbonyl (C=O) groups excluding carboxylic acids is 1. The molecule has 0 aliphatic heterocycles. The molecule has 0 spiro atoms. The van der Waals surface area contributed by atoms with Gasteiger partial charge in [-0.15, -0.1) is 0 Å². The van der Waals surface area contributed by atoms with Crippen LogP contribution in [0.15, 0.2) is 18.5 Å². The smallest absolute Gasteiger partial charge is 0.434 e. The van der Waals surface area contributed by atoms with Gasteiger partial charge in [-0.2, -0.15) is 0 Å². The van der Waals surface area contributed by atoms with Crippen LogP contribution >= 0.6 is 0 Å². The second kappa shape index (κ2) is 4.27. The van der Waals surface area contributed by atoms with Crippen LogP contribution in [0.3, 0.4) is 0 Å². The number of nitrogens with zero attached hydrogens (tertiary/aromatic N) is 2. The van der Waals surface area contributed by atoms with Crippen LogP contribution in [0.5, 0.6) is 6.01 Å². The van der Waals surface area contributed by atoms with Gasteiger partial charge in [0.2, 0.25) is 0 Å². The Kier molecular flexibility index (Phi) is 3.01. The molecule has 5 heteroatoms. The van der Waals surface area contributed by atoms with Crippen molar-refractivity contribution in [2.45, 2.75) is 6.92 Å². The summed E-state index contributed by atoms with van der Waals surface area (Å²) in [4.78, 5) is 18.0. The number of hydrogen-bond acceptors (Lipinski definition) is 5. The van der Waals surface area contributed by atoms with Crippen LogP contribution < -0.4 is 4.74 Å². The predicted molar refractivity (Wildman–Crippen MR) is 39.7 cm³/mol. The molecule has 0 aliphatic carbocycles. The Morgan fingerprint density at radius 2 is 2.17 bits per heavy atom. The van der Waals surface area contributed by atoms with Gasteiger partial charge in [-0.25, -0.2) is 14.8 Å². The molecule has 0 fully saturated rings. The zero-order valence-electron chi connectivity index (χ0n) is 6.56. The van der Waals surface area contributed by atoms with Crippen molar-refractivity contribution in [1.82, 2.24) is 9.97 Å². The minimum atomic E-state index is -0.788. The van der Waals surface area contributed by atoms with E-state index in [4.69, 9.17) is 0 Å². The Hall–Kier alpha value is -1.65. The van der Waals surface area contributed by atoms with Crippen molar-refractivity contribution >= 4 is 6.16 Å². The quantitative estimate of drug-likeness (QED) is 0.617. The molecule has 0 amide bonds. The van der Waals surface area contributed by atoms with Crippen LogP contribution in [0.4, 0.5) is 4.79 Å². The molecule has 0 saturated heterocycles. The van der Waals surface area contributed by atoms with Crippen molar-refractivity contribution in [3.63, 3.8) is 0 Å². The molecule has 0 aliphatic rings. The predicted octanol–water partition coefficient (Wildman–Crippen LogP) is 1.01. The molecule has 0 aromatic carbocycles. The Labute approximate surface area is 69.4 Å². The number of ether oxygens (including phenoxy) is 2. The number of hydrogen-bond donors (Lipinski definition) is 0. The fourth-order valence-corrected chi connectivity index (χ4v) is 0.560. The van der Waals surface area contributed by atoms with Crippen molar-refractivity contribution in [3.8, 4) is 6.01 Å². The maximum atomic E-state index is 10.7. The van der Waals surface area contributed by atoms with Gasteiger partial charge in [0.1, 0.15) is 0 Å². The summed E-state index contributed by atoms with van der Waals surface area (Å²) >= 11 is 0. The zero-order valence-corrected chi connectivity index (χ0v) is 6.56. The summed E-state index contributed by atoms with van der Waals surface area (Å²) in [5.41, 5.74) is 0. The third-order valence-electron chi connectivity index (χ3n) is 0.979. The zero-order chi connectivity index (χ0) is 8.81. The molecular formula is C7H8N2O3. The average Bonchev–Trinajstić information content (AvgIpc) is 2.06. The second-order valence-corrected chi connectivity index (χ2v) is 1.82. The lowest BCUT2D eigenvalue weighted by Crippen LogP contribution is -2.11. The number of carbonyl (C=O) groups is 1. The summed E-state index contributed by atoms with van der Waals surface area (Å²) in [6.45, 7) is 1.96. The maximum absolute atomic E-state index is 10.7. The highest BCUT2D eigenvalue weighted by molar-refractivity contribution is 5.62. The van der Waals surface area contributed by atoms with Gasteiger partial charge in [-0.1, -0.05) is 0 Å². The Morgan fingerprint density at radius 3 is 2.75 bits per heavy atom. The first-order chi connectivity index (χ1) is 5.83. The van der Waals surface area contributed by atoms with Crippen LogP contribution in [0.2, 0.25) is 0 Å². The third kappa shape index (κ3) is 2.53. The van der Waals surface area contributed by atoms with Crippen LogP contribution in [0, 0.1) is 0 Å². The van der Waals surface area contributed by atoms with Gasteiger partial charge in [0.05, 0.1) is 6.61 Å². The SMILES string of the molecule is CCOC(=O)Oc1ncccn1. The van der Waals surface area contributed by atoms with E-state index < -0.39 is 6.16 Å². The summed E-state index contributed by atoms with van der Waals surface area (Å²) in [5, 5.41) is 0. The van der Waals surface area contributed by atoms with Crippen LogP contribution in [-0.4, -0.2) is 22.7 Å². The standard InChI is InChI=1S/C7H8N2O3/c1-2-11-7(10)12-6-8-4-3-5-9-6/h3-5H,2H2,1H3. The molecule has 0 N–H and O–H groups in total. The monoisotopic (exact) mass is 168 g/mol. The van der Waals surface area contributed by atoms with Crippen LogP contribution in [0.25, 0.3) is 0 Å². The first-order valence-corrected chi connectivity index (χ1v) is 3.44.